The number of fused-ring (bicyclic) bond motifs is 1. The van der Waals surface area contributed by atoms with Crippen molar-refractivity contribution in [2.75, 3.05) is 6.61 Å². The molecular weight excluding hydrogens is 422 g/mol. The van der Waals surface area contributed by atoms with Gasteiger partial charge in [-0.3, -0.25) is 0 Å². The van der Waals surface area contributed by atoms with Gasteiger partial charge in [0.05, 0.1) is 12.0 Å². The van der Waals surface area contributed by atoms with Crippen LogP contribution in [0.2, 0.25) is 25.7 Å². The van der Waals surface area contributed by atoms with Crippen molar-refractivity contribution in [3.8, 4) is 22.9 Å². The van der Waals surface area contributed by atoms with Crippen molar-refractivity contribution in [2.45, 2.75) is 38.8 Å². The van der Waals surface area contributed by atoms with E-state index in [9.17, 15) is 4.79 Å². The van der Waals surface area contributed by atoms with E-state index in [1.807, 2.05) is 35.0 Å². The standard InChI is InChI=1S/C24H27N3O4Si/c1-32(2,3)13-12-29-17-27-22(8-10-26-27)18-4-7-24(25-15-18)31-20-5-6-21-19(9-11-28)16-30-23(21)14-20/h4-8,10-11,14-16H,9,12-13,17H2,1-3H3. The number of aldehydes is 1. The largest absolute Gasteiger partial charge is 0.464 e. The summed E-state index contributed by atoms with van der Waals surface area (Å²) in [6.45, 7) is 8.17. The van der Waals surface area contributed by atoms with Gasteiger partial charge >= 0.3 is 0 Å². The average molecular weight is 450 g/mol. The third kappa shape index (κ3) is 5.33. The molecule has 0 spiro atoms. The lowest BCUT2D eigenvalue weighted by Crippen LogP contribution is -2.22. The Bertz CT molecular complexity index is 1190. The minimum atomic E-state index is -1.11. The smallest absolute Gasteiger partial charge is 0.219 e. The van der Waals surface area contributed by atoms with Gasteiger partial charge in [0.15, 0.2) is 0 Å². The molecule has 0 N–H and O–H groups in total. The molecular formula is C24H27N3O4Si. The first-order valence-electron chi connectivity index (χ1n) is 10.6. The first-order chi connectivity index (χ1) is 15.4. The number of benzene rings is 1. The van der Waals surface area contributed by atoms with E-state index >= 15 is 0 Å². The van der Waals surface area contributed by atoms with Gasteiger partial charge < -0.3 is 18.7 Å². The molecule has 0 bridgehead atoms. The van der Waals surface area contributed by atoms with Crippen molar-refractivity contribution in [2.24, 2.45) is 0 Å². The number of carbonyl (C=O) groups excluding carboxylic acids is 1. The average Bonchev–Trinajstić information content (AvgIpc) is 3.38. The van der Waals surface area contributed by atoms with E-state index in [0.29, 0.717) is 30.4 Å². The Morgan fingerprint density at radius 1 is 1.16 bits per heavy atom. The van der Waals surface area contributed by atoms with Crippen LogP contribution >= 0.6 is 0 Å². The Kier molecular flexibility index (Phi) is 6.52. The molecule has 0 amide bonds. The Morgan fingerprint density at radius 2 is 2.03 bits per heavy atom. The fourth-order valence-corrected chi connectivity index (χ4v) is 4.05. The number of aromatic nitrogens is 3. The van der Waals surface area contributed by atoms with E-state index in [1.165, 1.54) is 0 Å². The molecule has 1 aromatic carbocycles. The van der Waals surface area contributed by atoms with Gasteiger partial charge in [-0.25, -0.2) is 9.67 Å². The second kappa shape index (κ2) is 9.50. The maximum Gasteiger partial charge on any atom is 0.219 e. The molecule has 8 heteroatoms. The first kappa shape index (κ1) is 22.0. The molecule has 0 fully saturated rings. The third-order valence-corrected chi connectivity index (χ3v) is 6.82. The van der Waals surface area contributed by atoms with Gasteiger partial charge in [-0.1, -0.05) is 19.6 Å². The number of ether oxygens (including phenoxy) is 2. The maximum absolute atomic E-state index is 10.8. The van der Waals surface area contributed by atoms with Crippen molar-refractivity contribution in [3.63, 3.8) is 0 Å². The van der Waals surface area contributed by atoms with Crippen LogP contribution in [0.3, 0.4) is 0 Å². The Balaban J connectivity index is 1.41. The Morgan fingerprint density at radius 3 is 2.78 bits per heavy atom. The molecule has 4 rings (SSSR count). The second-order valence-electron chi connectivity index (χ2n) is 8.84. The van der Waals surface area contributed by atoms with Crippen LogP contribution in [0.1, 0.15) is 5.56 Å². The van der Waals surface area contributed by atoms with Crippen molar-refractivity contribution in [1.29, 1.82) is 0 Å². The predicted molar refractivity (Wildman–Crippen MR) is 126 cm³/mol. The van der Waals surface area contributed by atoms with E-state index < -0.39 is 8.07 Å². The molecule has 3 heterocycles. The normalized spacial score (nSPS) is 11.7. The second-order valence-corrected chi connectivity index (χ2v) is 14.5. The highest BCUT2D eigenvalue weighted by Crippen LogP contribution is 2.29. The molecule has 0 saturated heterocycles. The van der Waals surface area contributed by atoms with Gasteiger partial charge in [0.2, 0.25) is 5.88 Å². The summed E-state index contributed by atoms with van der Waals surface area (Å²) >= 11 is 0. The van der Waals surface area contributed by atoms with Crippen LogP contribution < -0.4 is 4.74 Å². The highest BCUT2D eigenvalue weighted by atomic mass is 28.3. The maximum atomic E-state index is 10.8. The lowest BCUT2D eigenvalue weighted by molar-refractivity contribution is -0.107. The Hall–Kier alpha value is -3.23. The Labute approximate surface area is 188 Å². The van der Waals surface area contributed by atoms with Crippen molar-refractivity contribution < 1.29 is 18.7 Å². The number of hydrogen-bond donors (Lipinski definition) is 0. The quantitative estimate of drug-likeness (QED) is 0.180. The zero-order valence-corrected chi connectivity index (χ0v) is 19.6. The summed E-state index contributed by atoms with van der Waals surface area (Å²) in [5.74, 6) is 1.09. The number of carbonyl (C=O) groups is 1. The number of pyridine rings is 1. The lowest BCUT2D eigenvalue weighted by atomic mass is 10.1. The van der Waals surface area contributed by atoms with E-state index in [1.54, 1.807) is 24.7 Å². The molecule has 32 heavy (non-hydrogen) atoms. The van der Waals surface area contributed by atoms with E-state index in [0.717, 1.165) is 41.1 Å². The van der Waals surface area contributed by atoms with Crippen LogP contribution in [0.25, 0.3) is 22.2 Å². The van der Waals surface area contributed by atoms with Gasteiger partial charge in [0.1, 0.15) is 24.3 Å². The molecule has 4 aromatic rings. The fraction of sp³-hybridized carbons (Fsp3) is 0.292. The zero-order valence-electron chi connectivity index (χ0n) is 18.6. The van der Waals surface area contributed by atoms with Gasteiger partial charge in [-0.05, 0) is 30.3 Å². The van der Waals surface area contributed by atoms with Crippen molar-refractivity contribution >= 4 is 25.3 Å². The van der Waals surface area contributed by atoms with Crippen LogP contribution in [-0.4, -0.2) is 35.7 Å². The molecule has 0 radical (unpaired) electrons. The van der Waals surface area contributed by atoms with Gasteiger partial charge in [-0.15, -0.1) is 0 Å². The summed E-state index contributed by atoms with van der Waals surface area (Å²) in [4.78, 5) is 15.2. The molecule has 0 unspecified atom stereocenters. The summed E-state index contributed by atoms with van der Waals surface area (Å²) in [7, 11) is -1.11. The summed E-state index contributed by atoms with van der Waals surface area (Å²) in [5.41, 5.74) is 3.42. The highest BCUT2D eigenvalue weighted by Gasteiger charge is 2.13. The van der Waals surface area contributed by atoms with E-state index in [2.05, 4.69) is 29.7 Å². The molecule has 0 aliphatic rings. The molecule has 0 atom stereocenters. The number of nitrogens with zero attached hydrogens (tertiary/aromatic N) is 3. The minimum absolute atomic E-state index is 0.330. The van der Waals surface area contributed by atoms with Crippen LogP contribution in [0.15, 0.2) is 59.5 Å². The minimum Gasteiger partial charge on any atom is -0.464 e. The fourth-order valence-electron chi connectivity index (χ4n) is 3.30. The molecule has 0 aliphatic heterocycles. The van der Waals surface area contributed by atoms with Crippen molar-refractivity contribution in [1.82, 2.24) is 14.8 Å². The van der Waals surface area contributed by atoms with Gasteiger partial charge in [-0.2, -0.15) is 5.10 Å². The monoisotopic (exact) mass is 449 g/mol. The van der Waals surface area contributed by atoms with Crippen LogP contribution in [-0.2, 0) is 22.7 Å². The van der Waals surface area contributed by atoms with Crippen LogP contribution in [0.5, 0.6) is 11.6 Å². The highest BCUT2D eigenvalue weighted by molar-refractivity contribution is 6.76. The molecule has 0 saturated carbocycles. The third-order valence-electron chi connectivity index (χ3n) is 5.11. The number of hydrogen-bond acceptors (Lipinski definition) is 6. The summed E-state index contributed by atoms with van der Waals surface area (Å²) in [5, 5.41) is 5.28. The summed E-state index contributed by atoms with van der Waals surface area (Å²) < 4.78 is 19.1. The van der Waals surface area contributed by atoms with E-state index in [-0.39, 0.29) is 0 Å². The topological polar surface area (TPSA) is 79.4 Å². The van der Waals surface area contributed by atoms with Gasteiger partial charge in [0.25, 0.3) is 0 Å². The molecule has 7 nitrogen and oxygen atoms in total. The molecule has 166 valence electrons. The predicted octanol–water partition coefficient (Wildman–Crippen LogP) is 5.54. The summed E-state index contributed by atoms with van der Waals surface area (Å²) in [6.07, 6.45) is 6.33. The van der Waals surface area contributed by atoms with Crippen LogP contribution in [0.4, 0.5) is 0 Å². The summed E-state index contributed by atoms with van der Waals surface area (Å²) in [6, 6.07) is 12.4. The van der Waals surface area contributed by atoms with E-state index in [4.69, 9.17) is 13.9 Å². The zero-order chi connectivity index (χ0) is 22.6. The van der Waals surface area contributed by atoms with Crippen LogP contribution in [0, 0.1) is 0 Å². The number of furan rings is 1. The molecule has 3 aromatic heterocycles. The lowest BCUT2D eigenvalue weighted by Gasteiger charge is -2.16. The molecule has 0 aliphatic carbocycles. The first-order valence-corrected chi connectivity index (χ1v) is 14.3. The van der Waals surface area contributed by atoms with Crippen molar-refractivity contribution in [3.05, 3.63) is 60.6 Å². The SMILES string of the molecule is C[Si](C)(C)CCOCn1nccc1-c1ccc(Oc2ccc3c(CC=O)coc3c2)nc1. The number of rotatable bonds is 10. The van der Waals surface area contributed by atoms with Gasteiger partial charge in [0, 0.05) is 62.1 Å².